The summed E-state index contributed by atoms with van der Waals surface area (Å²) < 4.78 is 0. The molecular weight excluding hydrogens is 350 g/mol. The van der Waals surface area contributed by atoms with E-state index in [1.165, 1.54) is 31.2 Å². The summed E-state index contributed by atoms with van der Waals surface area (Å²) in [6.07, 6.45) is 5.63. The van der Waals surface area contributed by atoms with Crippen LogP contribution >= 0.6 is 0 Å². The van der Waals surface area contributed by atoms with Gasteiger partial charge in [-0.3, -0.25) is 14.5 Å². The van der Waals surface area contributed by atoms with Crippen molar-refractivity contribution in [2.75, 3.05) is 32.7 Å². The van der Waals surface area contributed by atoms with Gasteiger partial charge in [0, 0.05) is 51.1 Å². The second-order valence-electron chi connectivity index (χ2n) is 9.66. The monoisotopic (exact) mass is 381 g/mol. The smallest absolute Gasteiger partial charge is 0.225 e. The predicted octanol–water partition coefficient (Wildman–Crippen LogP) is 2.27. The van der Waals surface area contributed by atoms with Crippen LogP contribution < -0.4 is 5.32 Å². The fraction of sp³-hybridized carbons (Fsp3) is 0.652. The lowest BCUT2D eigenvalue weighted by Gasteiger charge is -2.50. The number of carbonyl (C=O) groups is 2. The van der Waals surface area contributed by atoms with Crippen LogP contribution in [-0.4, -0.2) is 54.3 Å². The Morgan fingerprint density at radius 2 is 1.71 bits per heavy atom. The van der Waals surface area contributed by atoms with Crippen LogP contribution in [-0.2, 0) is 16.1 Å². The molecule has 1 aromatic carbocycles. The number of amides is 2. The molecule has 2 amide bonds. The predicted molar refractivity (Wildman–Crippen MR) is 107 cm³/mol. The molecule has 1 atom stereocenters. The van der Waals surface area contributed by atoms with E-state index >= 15 is 0 Å². The summed E-state index contributed by atoms with van der Waals surface area (Å²) in [5.74, 6) is 1.82. The van der Waals surface area contributed by atoms with Crippen LogP contribution in [0.15, 0.2) is 30.3 Å². The van der Waals surface area contributed by atoms with Crippen molar-refractivity contribution in [2.45, 2.75) is 38.6 Å². The van der Waals surface area contributed by atoms with E-state index in [0.717, 1.165) is 39.3 Å². The van der Waals surface area contributed by atoms with Crippen LogP contribution in [0.1, 0.15) is 37.7 Å². The van der Waals surface area contributed by atoms with Crippen molar-refractivity contribution < 1.29 is 9.59 Å². The van der Waals surface area contributed by atoms with Gasteiger partial charge in [0.15, 0.2) is 0 Å². The summed E-state index contributed by atoms with van der Waals surface area (Å²) >= 11 is 0. The Balaban J connectivity index is 1.25. The third-order valence-electron chi connectivity index (χ3n) is 7.07. The number of carbonyl (C=O) groups excluding carboxylic acids is 2. The minimum absolute atomic E-state index is 0.0000581. The van der Waals surface area contributed by atoms with Gasteiger partial charge in [0.1, 0.15) is 0 Å². The van der Waals surface area contributed by atoms with Gasteiger partial charge in [-0.05, 0) is 43.1 Å². The van der Waals surface area contributed by atoms with E-state index in [0.29, 0.717) is 24.2 Å². The maximum atomic E-state index is 13.0. The number of nitrogens with zero attached hydrogens (tertiary/aromatic N) is 2. The molecule has 2 heterocycles. The first kappa shape index (κ1) is 18.2. The van der Waals surface area contributed by atoms with Crippen molar-refractivity contribution in [3.63, 3.8) is 0 Å². The maximum absolute atomic E-state index is 13.0. The molecule has 28 heavy (non-hydrogen) atoms. The summed E-state index contributed by atoms with van der Waals surface area (Å²) in [6.45, 7) is 4.93. The highest BCUT2D eigenvalue weighted by Crippen LogP contribution is 2.45. The van der Waals surface area contributed by atoms with E-state index in [-0.39, 0.29) is 17.2 Å². The molecule has 4 aliphatic rings. The molecule has 1 aromatic rings. The second kappa shape index (κ2) is 7.18. The van der Waals surface area contributed by atoms with Gasteiger partial charge in [0.2, 0.25) is 11.8 Å². The Morgan fingerprint density at radius 1 is 1.00 bits per heavy atom. The van der Waals surface area contributed by atoms with Crippen LogP contribution in [0.4, 0.5) is 0 Å². The largest absolute Gasteiger partial charge is 0.356 e. The molecule has 0 radical (unpaired) electrons. The van der Waals surface area contributed by atoms with E-state index in [2.05, 4.69) is 34.5 Å². The number of hydrogen-bond donors (Lipinski definition) is 1. The van der Waals surface area contributed by atoms with Crippen LogP contribution in [0, 0.1) is 23.2 Å². The fourth-order valence-corrected chi connectivity index (χ4v) is 4.99. The Hall–Kier alpha value is -1.88. The zero-order valence-electron chi connectivity index (χ0n) is 16.6. The molecular formula is C23H31N3O2. The van der Waals surface area contributed by atoms with Crippen LogP contribution in [0.25, 0.3) is 0 Å². The molecule has 5 nitrogen and oxygen atoms in total. The summed E-state index contributed by atoms with van der Waals surface area (Å²) in [5.41, 5.74) is 1.24. The van der Waals surface area contributed by atoms with E-state index in [9.17, 15) is 9.59 Å². The fourth-order valence-electron chi connectivity index (χ4n) is 4.99. The zero-order chi connectivity index (χ0) is 19.1. The minimum atomic E-state index is -0.0539. The molecule has 1 spiro atoms. The molecule has 2 aliphatic heterocycles. The van der Waals surface area contributed by atoms with Gasteiger partial charge in [-0.25, -0.2) is 0 Å². The molecule has 0 bridgehead atoms. The number of likely N-dealkylation sites (tertiary alicyclic amines) is 2. The lowest BCUT2D eigenvalue weighted by molar-refractivity contribution is -0.150. The van der Waals surface area contributed by atoms with E-state index in [4.69, 9.17) is 0 Å². The molecule has 5 heteroatoms. The lowest BCUT2D eigenvalue weighted by Crippen LogP contribution is -2.64. The zero-order valence-corrected chi connectivity index (χ0v) is 16.6. The van der Waals surface area contributed by atoms with E-state index in [1.807, 2.05) is 11.0 Å². The summed E-state index contributed by atoms with van der Waals surface area (Å²) in [6, 6.07) is 10.5. The molecule has 4 fully saturated rings. The van der Waals surface area contributed by atoms with Crippen molar-refractivity contribution in [1.29, 1.82) is 0 Å². The quantitative estimate of drug-likeness (QED) is 0.788. The first-order valence-corrected chi connectivity index (χ1v) is 10.9. The average Bonchev–Trinajstić information content (AvgIpc) is 3.58. The van der Waals surface area contributed by atoms with E-state index < -0.39 is 0 Å². The molecule has 2 saturated heterocycles. The third kappa shape index (κ3) is 3.82. The second-order valence-corrected chi connectivity index (χ2v) is 9.66. The molecule has 0 aromatic heterocycles. The third-order valence-corrected chi connectivity index (χ3v) is 7.07. The minimum Gasteiger partial charge on any atom is -0.356 e. The molecule has 2 aliphatic carbocycles. The maximum Gasteiger partial charge on any atom is 0.225 e. The first-order chi connectivity index (χ1) is 13.6. The van der Waals surface area contributed by atoms with Gasteiger partial charge in [-0.2, -0.15) is 0 Å². The Bertz CT molecular complexity index is 735. The van der Waals surface area contributed by atoms with E-state index in [1.54, 1.807) is 0 Å². The van der Waals surface area contributed by atoms with Gasteiger partial charge in [0.25, 0.3) is 0 Å². The van der Waals surface area contributed by atoms with Crippen LogP contribution in [0.2, 0.25) is 0 Å². The van der Waals surface area contributed by atoms with Crippen LogP contribution in [0.5, 0.6) is 0 Å². The lowest BCUT2D eigenvalue weighted by atomic mass is 9.71. The van der Waals surface area contributed by atoms with Crippen molar-refractivity contribution in [3.05, 3.63) is 35.9 Å². The molecule has 1 unspecified atom stereocenters. The van der Waals surface area contributed by atoms with Gasteiger partial charge in [0.05, 0.1) is 5.92 Å². The molecule has 150 valence electrons. The highest BCUT2D eigenvalue weighted by molar-refractivity contribution is 5.82. The summed E-state index contributed by atoms with van der Waals surface area (Å²) in [5, 5.41) is 3.21. The standard InChI is InChI=1S/C23H31N3O2/c27-21(10-17-6-7-17)26-15-23(16-26)14-25(12-19-4-2-1-3-5-19)13-20(23)22(28)24-11-18-8-9-18/h1-5,17-18,20H,6-16H2,(H,24,28). The summed E-state index contributed by atoms with van der Waals surface area (Å²) in [4.78, 5) is 29.9. The normalized spacial score (nSPS) is 26.3. The molecule has 5 rings (SSSR count). The number of nitrogens with one attached hydrogen (secondary N) is 1. The van der Waals surface area contributed by atoms with Gasteiger partial charge < -0.3 is 10.2 Å². The highest BCUT2D eigenvalue weighted by atomic mass is 16.2. The first-order valence-electron chi connectivity index (χ1n) is 10.9. The van der Waals surface area contributed by atoms with Gasteiger partial charge >= 0.3 is 0 Å². The summed E-state index contributed by atoms with van der Waals surface area (Å²) in [7, 11) is 0. The van der Waals surface area contributed by atoms with Crippen LogP contribution in [0.3, 0.4) is 0 Å². The molecule has 1 N–H and O–H groups in total. The molecule has 2 saturated carbocycles. The van der Waals surface area contributed by atoms with Crippen molar-refractivity contribution >= 4 is 11.8 Å². The van der Waals surface area contributed by atoms with Gasteiger partial charge in [-0.15, -0.1) is 0 Å². The average molecular weight is 382 g/mol. The Labute approximate surface area is 167 Å². The van der Waals surface area contributed by atoms with Crippen molar-refractivity contribution in [2.24, 2.45) is 23.2 Å². The van der Waals surface area contributed by atoms with Crippen molar-refractivity contribution in [1.82, 2.24) is 15.1 Å². The number of hydrogen-bond acceptors (Lipinski definition) is 3. The Morgan fingerprint density at radius 3 is 2.39 bits per heavy atom. The SMILES string of the molecule is O=C(NCC1CC1)C1CN(Cc2ccccc2)CC12CN(C(=O)CC1CC1)C2. The highest BCUT2D eigenvalue weighted by Gasteiger charge is 2.57. The Kier molecular flexibility index (Phi) is 4.66. The topological polar surface area (TPSA) is 52.7 Å². The van der Waals surface area contributed by atoms with Gasteiger partial charge in [-0.1, -0.05) is 30.3 Å². The number of benzene rings is 1. The number of rotatable bonds is 7. The van der Waals surface area contributed by atoms with Crippen molar-refractivity contribution in [3.8, 4) is 0 Å².